The zero-order valence-electron chi connectivity index (χ0n) is 12.2. The normalized spacial score (nSPS) is 10.1. The molecule has 0 radical (unpaired) electrons. The molecule has 0 saturated heterocycles. The van der Waals surface area contributed by atoms with Crippen LogP contribution in [0.3, 0.4) is 0 Å². The third kappa shape index (κ3) is 3.47. The van der Waals surface area contributed by atoms with Crippen LogP contribution in [0.25, 0.3) is 0 Å². The fourth-order valence-electron chi connectivity index (χ4n) is 1.77. The Kier molecular flexibility index (Phi) is 4.84. The molecule has 2 aromatic rings. The molecule has 1 heterocycles. The van der Waals surface area contributed by atoms with Gasteiger partial charge in [0.15, 0.2) is 17.5 Å². The minimum Gasteiger partial charge on any atom is -0.492 e. The Balaban J connectivity index is 1.93. The molecule has 0 aliphatic rings. The zero-order valence-corrected chi connectivity index (χ0v) is 12.2. The molecular weight excluding hydrogens is 290 g/mol. The number of hydrogen-bond acceptors (Lipinski definition) is 5. The van der Waals surface area contributed by atoms with Crippen LogP contribution in [-0.2, 0) is 0 Å². The van der Waals surface area contributed by atoms with Crippen LogP contribution in [-0.4, -0.2) is 23.3 Å². The molecule has 5 nitrogen and oxygen atoms in total. The van der Waals surface area contributed by atoms with Crippen molar-refractivity contribution in [1.29, 1.82) is 5.26 Å². The fourth-order valence-corrected chi connectivity index (χ4v) is 1.77. The summed E-state index contributed by atoms with van der Waals surface area (Å²) in [6, 6.07) is 5.40. The van der Waals surface area contributed by atoms with Crippen molar-refractivity contribution in [2.45, 2.75) is 13.8 Å². The number of nitrogens with one attached hydrogen (secondary N) is 1. The van der Waals surface area contributed by atoms with Crippen molar-refractivity contribution in [1.82, 2.24) is 10.2 Å². The molecule has 1 aromatic carbocycles. The predicted octanol–water partition coefficient (Wildman–Crippen LogP) is 2.73. The number of ether oxygens (including phenoxy) is 1. The Morgan fingerprint density at radius 1 is 1.23 bits per heavy atom. The fraction of sp³-hybridized carbons (Fsp3) is 0.267. The van der Waals surface area contributed by atoms with Crippen molar-refractivity contribution in [3.05, 3.63) is 46.7 Å². The van der Waals surface area contributed by atoms with Crippen molar-refractivity contribution in [3.8, 4) is 11.8 Å². The Labute approximate surface area is 126 Å². The van der Waals surface area contributed by atoms with Crippen molar-refractivity contribution in [2.75, 3.05) is 18.5 Å². The first-order valence-corrected chi connectivity index (χ1v) is 6.58. The van der Waals surface area contributed by atoms with Gasteiger partial charge in [-0.05, 0) is 31.5 Å². The molecule has 0 aliphatic heterocycles. The third-order valence-corrected chi connectivity index (χ3v) is 3.12. The van der Waals surface area contributed by atoms with Gasteiger partial charge in [0.2, 0.25) is 0 Å². The molecular formula is C15H14F2N4O. The molecule has 0 amide bonds. The molecule has 0 unspecified atom stereocenters. The van der Waals surface area contributed by atoms with Crippen LogP contribution in [0.2, 0.25) is 0 Å². The molecule has 0 saturated carbocycles. The molecule has 2 rings (SSSR count). The van der Waals surface area contributed by atoms with Gasteiger partial charge in [-0.3, -0.25) is 0 Å². The minimum absolute atomic E-state index is 0.199. The van der Waals surface area contributed by atoms with E-state index in [4.69, 9.17) is 10.00 Å². The van der Waals surface area contributed by atoms with E-state index < -0.39 is 11.6 Å². The average molecular weight is 304 g/mol. The van der Waals surface area contributed by atoms with E-state index in [-0.39, 0.29) is 12.4 Å². The SMILES string of the molecule is Cc1nnc(NCCOc2ccc(F)c(F)c2)c(C#N)c1C. The van der Waals surface area contributed by atoms with E-state index in [0.717, 1.165) is 17.7 Å². The van der Waals surface area contributed by atoms with Gasteiger partial charge in [0.25, 0.3) is 0 Å². The summed E-state index contributed by atoms with van der Waals surface area (Å²) < 4.78 is 31.1. The lowest BCUT2D eigenvalue weighted by Crippen LogP contribution is -2.14. The van der Waals surface area contributed by atoms with Gasteiger partial charge in [-0.25, -0.2) is 8.78 Å². The summed E-state index contributed by atoms with van der Waals surface area (Å²) in [5, 5.41) is 20.0. The molecule has 0 aliphatic carbocycles. The zero-order chi connectivity index (χ0) is 16.1. The van der Waals surface area contributed by atoms with Gasteiger partial charge in [-0.2, -0.15) is 10.4 Å². The lowest BCUT2D eigenvalue weighted by Gasteiger charge is -2.10. The highest BCUT2D eigenvalue weighted by atomic mass is 19.2. The second-order valence-corrected chi connectivity index (χ2v) is 4.60. The molecule has 0 spiro atoms. The van der Waals surface area contributed by atoms with Crippen LogP contribution in [0.4, 0.5) is 14.6 Å². The van der Waals surface area contributed by atoms with Gasteiger partial charge in [0.1, 0.15) is 24.0 Å². The smallest absolute Gasteiger partial charge is 0.167 e. The highest BCUT2D eigenvalue weighted by molar-refractivity contribution is 5.55. The number of benzene rings is 1. The van der Waals surface area contributed by atoms with Crippen molar-refractivity contribution in [2.24, 2.45) is 0 Å². The lowest BCUT2D eigenvalue weighted by molar-refractivity contribution is 0.329. The van der Waals surface area contributed by atoms with Crippen molar-refractivity contribution < 1.29 is 13.5 Å². The number of aryl methyl sites for hydroxylation is 1. The van der Waals surface area contributed by atoms with E-state index in [1.165, 1.54) is 6.07 Å². The van der Waals surface area contributed by atoms with Crippen LogP contribution in [0.5, 0.6) is 5.75 Å². The van der Waals surface area contributed by atoms with Crippen LogP contribution in [0.15, 0.2) is 18.2 Å². The monoisotopic (exact) mass is 304 g/mol. The number of hydrogen-bond donors (Lipinski definition) is 1. The van der Waals surface area contributed by atoms with E-state index in [9.17, 15) is 8.78 Å². The first kappa shape index (κ1) is 15.6. The molecule has 1 aromatic heterocycles. The Morgan fingerprint density at radius 3 is 2.68 bits per heavy atom. The van der Waals surface area contributed by atoms with Crippen molar-refractivity contribution in [3.63, 3.8) is 0 Å². The Bertz CT molecular complexity index is 728. The van der Waals surface area contributed by atoms with Crippen LogP contribution < -0.4 is 10.1 Å². The number of aromatic nitrogens is 2. The number of halogens is 2. The van der Waals surface area contributed by atoms with Gasteiger partial charge in [0, 0.05) is 6.07 Å². The maximum absolute atomic E-state index is 13.0. The van der Waals surface area contributed by atoms with Crippen LogP contribution in [0, 0.1) is 36.8 Å². The molecule has 0 atom stereocenters. The summed E-state index contributed by atoms with van der Waals surface area (Å²) >= 11 is 0. The number of anilines is 1. The molecule has 0 fully saturated rings. The summed E-state index contributed by atoms with van der Waals surface area (Å²) in [5.74, 6) is -1.28. The summed E-state index contributed by atoms with van der Waals surface area (Å²) in [5.41, 5.74) is 1.89. The molecule has 0 bridgehead atoms. The maximum atomic E-state index is 13.0. The molecule has 22 heavy (non-hydrogen) atoms. The van der Waals surface area contributed by atoms with E-state index in [2.05, 4.69) is 21.6 Å². The topological polar surface area (TPSA) is 70.8 Å². The Hall–Kier alpha value is -2.75. The third-order valence-electron chi connectivity index (χ3n) is 3.12. The van der Waals surface area contributed by atoms with Crippen LogP contribution >= 0.6 is 0 Å². The quantitative estimate of drug-likeness (QED) is 0.860. The second-order valence-electron chi connectivity index (χ2n) is 4.60. The lowest BCUT2D eigenvalue weighted by atomic mass is 10.1. The largest absolute Gasteiger partial charge is 0.492 e. The van der Waals surface area contributed by atoms with E-state index in [1.54, 1.807) is 13.8 Å². The number of rotatable bonds is 5. The standard InChI is InChI=1S/C15H14F2N4O/c1-9-10(2)20-21-15(12(9)8-18)19-5-6-22-11-3-4-13(16)14(17)7-11/h3-4,7H,5-6H2,1-2H3,(H,19,21). The Morgan fingerprint density at radius 2 is 2.00 bits per heavy atom. The van der Waals surface area contributed by atoms with Gasteiger partial charge < -0.3 is 10.1 Å². The van der Waals surface area contributed by atoms with Gasteiger partial charge in [0.05, 0.1) is 12.2 Å². The van der Waals surface area contributed by atoms with Crippen LogP contribution in [0.1, 0.15) is 16.8 Å². The highest BCUT2D eigenvalue weighted by Crippen LogP contribution is 2.17. The molecule has 7 heteroatoms. The second kappa shape index (κ2) is 6.80. The maximum Gasteiger partial charge on any atom is 0.167 e. The summed E-state index contributed by atoms with van der Waals surface area (Å²) in [4.78, 5) is 0. The minimum atomic E-state index is -0.961. The summed E-state index contributed by atoms with van der Waals surface area (Å²) in [6.07, 6.45) is 0. The first-order chi connectivity index (χ1) is 10.5. The van der Waals surface area contributed by atoms with E-state index in [0.29, 0.717) is 23.6 Å². The average Bonchev–Trinajstić information content (AvgIpc) is 2.50. The first-order valence-electron chi connectivity index (χ1n) is 6.58. The highest BCUT2D eigenvalue weighted by Gasteiger charge is 2.10. The summed E-state index contributed by atoms with van der Waals surface area (Å²) in [6.45, 7) is 4.11. The van der Waals surface area contributed by atoms with Gasteiger partial charge in [-0.15, -0.1) is 5.10 Å². The predicted molar refractivity (Wildman–Crippen MR) is 76.6 cm³/mol. The number of nitrogens with zero attached hydrogens (tertiary/aromatic N) is 3. The van der Waals surface area contributed by atoms with Gasteiger partial charge in [-0.1, -0.05) is 0 Å². The van der Waals surface area contributed by atoms with E-state index >= 15 is 0 Å². The number of nitriles is 1. The van der Waals surface area contributed by atoms with Crippen molar-refractivity contribution >= 4 is 5.82 Å². The molecule has 114 valence electrons. The van der Waals surface area contributed by atoms with Gasteiger partial charge >= 0.3 is 0 Å². The molecule has 1 N–H and O–H groups in total. The summed E-state index contributed by atoms with van der Waals surface area (Å²) in [7, 11) is 0. The van der Waals surface area contributed by atoms with E-state index in [1.807, 2.05) is 0 Å².